The number of likely N-dealkylation sites (tertiary alicyclic amines) is 1. The number of rotatable bonds is 5. The summed E-state index contributed by atoms with van der Waals surface area (Å²) in [6, 6.07) is 8.02. The molecule has 1 aromatic heterocycles. The van der Waals surface area contributed by atoms with Crippen LogP contribution in [0.1, 0.15) is 81.7 Å². The zero-order valence-electron chi connectivity index (χ0n) is 21.8. The molecule has 1 N–H and O–H groups in total. The van der Waals surface area contributed by atoms with Crippen LogP contribution in [-0.2, 0) is 4.79 Å². The van der Waals surface area contributed by atoms with Crippen molar-refractivity contribution in [3.05, 3.63) is 52.4 Å². The Hall–Kier alpha value is -2.22. The number of nitrogens with zero attached hydrogens (tertiary/aromatic N) is 5. The maximum Gasteiger partial charge on any atom is 0.231 e. The Kier molecular flexibility index (Phi) is 7.01. The van der Waals surface area contributed by atoms with Gasteiger partial charge in [-0.05, 0) is 63.3 Å². The largest absolute Gasteiger partial charge is 0.387 e. The number of aliphatic hydroxyl groups is 1. The van der Waals surface area contributed by atoms with Gasteiger partial charge in [0.15, 0.2) is 0 Å². The molecule has 1 amide bonds. The van der Waals surface area contributed by atoms with E-state index in [0.717, 1.165) is 55.1 Å². The van der Waals surface area contributed by atoms with Crippen molar-refractivity contribution in [2.45, 2.75) is 76.5 Å². The summed E-state index contributed by atoms with van der Waals surface area (Å²) in [5, 5.41) is 11.1. The fourth-order valence-electron chi connectivity index (χ4n) is 6.75. The third kappa shape index (κ3) is 4.50. The molecule has 3 heterocycles. The number of benzene rings is 1. The number of aliphatic hydroxyl groups excluding tert-OH is 1. The van der Waals surface area contributed by atoms with Gasteiger partial charge in [0.2, 0.25) is 5.91 Å². The van der Waals surface area contributed by atoms with Crippen molar-refractivity contribution in [1.82, 2.24) is 19.8 Å². The van der Waals surface area contributed by atoms with Crippen LogP contribution >= 0.6 is 11.6 Å². The summed E-state index contributed by atoms with van der Waals surface area (Å²) in [4.78, 5) is 29.9. The van der Waals surface area contributed by atoms with Crippen LogP contribution < -0.4 is 4.90 Å². The lowest BCUT2D eigenvalue weighted by atomic mass is 9.88. The summed E-state index contributed by atoms with van der Waals surface area (Å²) >= 11 is 6.20. The van der Waals surface area contributed by atoms with Crippen LogP contribution in [0.5, 0.6) is 0 Å². The van der Waals surface area contributed by atoms with Gasteiger partial charge < -0.3 is 14.9 Å². The summed E-state index contributed by atoms with van der Waals surface area (Å²) in [6.45, 7) is 12.6. The van der Waals surface area contributed by atoms with Crippen LogP contribution in [0.15, 0.2) is 30.6 Å². The van der Waals surface area contributed by atoms with Gasteiger partial charge in [0.25, 0.3) is 0 Å². The predicted octanol–water partition coefficient (Wildman–Crippen LogP) is 4.37. The lowest BCUT2D eigenvalue weighted by Gasteiger charge is -2.42. The van der Waals surface area contributed by atoms with Gasteiger partial charge in [0.1, 0.15) is 12.1 Å². The molecule has 2 aliphatic heterocycles. The van der Waals surface area contributed by atoms with Crippen molar-refractivity contribution >= 4 is 23.3 Å². The second-order valence-corrected chi connectivity index (χ2v) is 11.6. The fourth-order valence-corrected chi connectivity index (χ4v) is 6.87. The quantitative estimate of drug-likeness (QED) is 0.642. The number of piperazine rings is 1. The molecule has 1 unspecified atom stereocenters. The molecule has 2 aromatic rings. The van der Waals surface area contributed by atoms with E-state index < -0.39 is 6.10 Å². The Balaban J connectivity index is 1.37. The molecule has 5 rings (SSSR count). The van der Waals surface area contributed by atoms with E-state index in [1.807, 2.05) is 29.2 Å². The number of hydrogen-bond acceptors (Lipinski definition) is 6. The van der Waals surface area contributed by atoms with Crippen molar-refractivity contribution in [2.75, 3.05) is 37.6 Å². The lowest BCUT2D eigenvalue weighted by Crippen LogP contribution is -2.54. The normalized spacial score (nSPS) is 26.8. The molecule has 2 fully saturated rings. The Morgan fingerprint density at radius 1 is 1.17 bits per heavy atom. The zero-order valence-corrected chi connectivity index (χ0v) is 22.6. The van der Waals surface area contributed by atoms with Crippen molar-refractivity contribution in [2.24, 2.45) is 0 Å². The monoisotopic (exact) mass is 511 g/mol. The first-order valence-corrected chi connectivity index (χ1v) is 13.7. The van der Waals surface area contributed by atoms with Gasteiger partial charge >= 0.3 is 0 Å². The Labute approximate surface area is 219 Å². The number of carbonyl (C=O) groups excluding carboxylic acids is 1. The molecular weight excluding hydrogens is 474 g/mol. The maximum absolute atomic E-state index is 14.2. The van der Waals surface area contributed by atoms with E-state index in [4.69, 9.17) is 11.6 Å². The SMILES string of the molecule is CCN1[C@H](C(C(=O)N2CCN(c3ncnc4c3[C@H](C)C[C@H]4O)CC2)c2ccc(Cl)cc2)CCC1(C)C. The number of anilines is 1. The van der Waals surface area contributed by atoms with E-state index in [9.17, 15) is 9.90 Å². The van der Waals surface area contributed by atoms with E-state index >= 15 is 0 Å². The van der Waals surface area contributed by atoms with E-state index in [0.29, 0.717) is 24.5 Å². The minimum absolute atomic E-state index is 0.0811. The molecule has 1 aliphatic carbocycles. The standard InChI is InChI=1S/C28H38ClN5O2/c1-5-34-21(10-11-28(34,3)4)24(19-6-8-20(29)9-7-19)27(36)33-14-12-32(13-15-33)26-23-18(2)16-22(35)25(23)30-17-31-26/h6-9,17-18,21-22,24,35H,5,10-16H2,1-4H3/t18-,21+,22-,24?/m1/s1. The highest BCUT2D eigenvalue weighted by molar-refractivity contribution is 6.30. The number of aromatic nitrogens is 2. The van der Waals surface area contributed by atoms with Crippen LogP contribution in [0.3, 0.4) is 0 Å². The Morgan fingerprint density at radius 2 is 1.86 bits per heavy atom. The van der Waals surface area contributed by atoms with E-state index in [1.165, 1.54) is 0 Å². The van der Waals surface area contributed by atoms with Crippen molar-refractivity contribution in [3.8, 4) is 0 Å². The van der Waals surface area contributed by atoms with Crippen LogP contribution in [-0.4, -0.2) is 75.1 Å². The molecule has 3 aliphatic rings. The topological polar surface area (TPSA) is 72.8 Å². The number of amides is 1. The lowest BCUT2D eigenvalue weighted by molar-refractivity contribution is -0.135. The van der Waals surface area contributed by atoms with Crippen molar-refractivity contribution in [1.29, 1.82) is 0 Å². The summed E-state index contributed by atoms with van der Waals surface area (Å²) in [5.74, 6) is 1.13. The minimum atomic E-state index is -0.517. The third-order valence-electron chi connectivity index (χ3n) is 8.62. The van der Waals surface area contributed by atoms with Crippen LogP contribution in [0.25, 0.3) is 0 Å². The second-order valence-electron chi connectivity index (χ2n) is 11.2. The average molecular weight is 512 g/mol. The van der Waals surface area contributed by atoms with Gasteiger partial charge in [0, 0.05) is 48.3 Å². The first-order chi connectivity index (χ1) is 17.2. The molecule has 2 saturated heterocycles. The average Bonchev–Trinajstić information content (AvgIpc) is 3.34. The van der Waals surface area contributed by atoms with Gasteiger partial charge in [-0.1, -0.05) is 37.6 Å². The van der Waals surface area contributed by atoms with Gasteiger partial charge in [-0.2, -0.15) is 0 Å². The summed E-state index contributed by atoms with van der Waals surface area (Å²) < 4.78 is 0. The number of halogens is 1. The molecule has 8 heteroatoms. The highest BCUT2D eigenvalue weighted by Gasteiger charge is 2.46. The highest BCUT2D eigenvalue weighted by atomic mass is 35.5. The Morgan fingerprint density at radius 3 is 2.53 bits per heavy atom. The van der Waals surface area contributed by atoms with Gasteiger partial charge in [-0.3, -0.25) is 9.69 Å². The van der Waals surface area contributed by atoms with Gasteiger partial charge in [-0.25, -0.2) is 9.97 Å². The van der Waals surface area contributed by atoms with E-state index in [2.05, 4.69) is 47.5 Å². The number of carbonyl (C=O) groups is 1. The molecule has 0 bridgehead atoms. The van der Waals surface area contributed by atoms with E-state index in [-0.39, 0.29) is 29.3 Å². The first kappa shape index (κ1) is 25.4. The molecule has 0 saturated carbocycles. The zero-order chi connectivity index (χ0) is 25.6. The number of hydrogen-bond donors (Lipinski definition) is 1. The summed E-state index contributed by atoms with van der Waals surface area (Å²) in [6.07, 6.45) is 3.82. The molecule has 194 valence electrons. The molecule has 7 nitrogen and oxygen atoms in total. The molecule has 0 spiro atoms. The molecule has 1 aromatic carbocycles. The molecule has 0 radical (unpaired) electrons. The Bertz CT molecular complexity index is 1100. The van der Waals surface area contributed by atoms with Crippen LogP contribution in [0.4, 0.5) is 5.82 Å². The highest BCUT2D eigenvalue weighted by Crippen LogP contribution is 2.43. The van der Waals surface area contributed by atoms with Crippen molar-refractivity contribution in [3.63, 3.8) is 0 Å². The maximum atomic E-state index is 14.2. The molecule has 4 atom stereocenters. The van der Waals surface area contributed by atoms with Crippen molar-refractivity contribution < 1.29 is 9.90 Å². The minimum Gasteiger partial charge on any atom is -0.387 e. The van der Waals surface area contributed by atoms with Gasteiger partial charge in [-0.15, -0.1) is 0 Å². The molecular formula is C28H38ClN5O2. The third-order valence-corrected chi connectivity index (χ3v) is 8.87. The molecule has 36 heavy (non-hydrogen) atoms. The smallest absolute Gasteiger partial charge is 0.231 e. The first-order valence-electron chi connectivity index (χ1n) is 13.3. The predicted molar refractivity (Wildman–Crippen MR) is 142 cm³/mol. The number of fused-ring (bicyclic) bond motifs is 1. The fraction of sp³-hybridized carbons (Fsp3) is 0.607. The number of likely N-dealkylation sites (N-methyl/N-ethyl adjacent to an activating group) is 1. The van der Waals surface area contributed by atoms with Crippen LogP contribution in [0.2, 0.25) is 5.02 Å². The van der Waals surface area contributed by atoms with E-state index in [1.54, 1.807) is 6.33 Å². The van der Waals surface area contributed by atoms with Crippen LogP contribution in [0, 0.1) is 0 Å². The second kappa shape index (κ2) is 9.92. The van der Waals surface area contributed by atoms with Gasteiger partial charge in [0.05, 0.1) is 17.7 Å². The summed E-state index contributed by atoms with van der Waals surface area (Å²) in [7, 11) is 0. The summed E-state index contributed by atoms with van der Waals surface area (Å²) in [5.41, 5.74) is 2.95.